The molecule has 2 N–H and O–H groups in total. The summed E-state index contributed by atoms with van der Waals surface area (Å²) in [5, 5.41) is 27.5. The molecular weight excluding hydrogens is 344 g/mol. The molecule has 3 rings (SSSR count). The van der Waals surface area contributed by atoms with Crippen LogP contribution in [-0.4, -0.2) is 10.8 Å². The lowest BCUT2D eigenvalue weighted by Gasteiger charge is -2.06. The van der Waals surface area contributed by atoms with E-state index in [0.717, 1.165) is 16.5 Å². The van der Waals surface area contributed by atoms with Crippen molar-refractivity contribution in [3.63, 3.8) is 0 Å². The molecule has 0 aliphatic heterocycles. The van der Waals surface area contributed by atoms with Gasteiger partial charge in [0.2, 0.25) is 0 Å². The highest BCUT2D eigenvalue weighted by molar-refractivity contribution is 6.06. The number of nitriles is 1. The molecule has 0 unspecified atom stereocenters. The van der Waals surface area contributed by atoms with Gasteiger partial charge in [0, 0.05) is 29.7 Å². The van der Waals surface area contributed by atoms with Gasteiger partial charge in [-0.1, -0.05) is 30.3 Å². The number of hydrogen-bond acceptors (Lipinski definition) is 5. The Labute approximate surface area is 154 Å². The second-order valence-electron chi connectivity index (χ2n) is 5.63. The topological polar surface area (TPSA) is 108 Å². The molecule has 0 bridgehead atoms. The fourth-order valence-electron chi connectivity index (χ4n) is 2.45. The summed E-state index contributed by atoms with van der Waals surface area (Å²) in [7, 11) is 0. The van der Waals surface area contributed by atoms with Gasteiger partial charge < -0.3 is 10.6 Å². The zero-order chi connectivity index (χ0) is 19.2. The van der Waals surface area contributed by atoms with Gasteiger partial charge in [0.1, 0.15) is 11.6 Å². The van der Waals surface area contributed by atoms with Gasteiger partial charge in [-0.05, 0) is 35.0 Å². The van der Waals surface area contributed by atoms with Crippen LogP contribution in [0, 0.1) is 21.4 Å². The average molecular weight is 358 g/mol. The molecule has 0 saturated carbocycles. The molecule has 27 heavy (non-hydrogen) atoms. The predicted molar refractivity (Wildman–Crippen MR) is 103 cm³/mol. The highest BCUT2D eigenvalue weighted by Gasteiger charge is 2.11. The Hall–Kier alpha value is -4.18. The van der Waals surface area contributed by atoms with Crippen LogP contribution in [0.2, 0.25) is 0 Å². The van der Waals surface area contributed by atoms with Gasteiger partial charge in [0.05, 0.1) is 4.92 Å². The minimum Gasteiger partial charge on any atom is -0.360 e. The van der Waals surface area contributed by atoms with Crippen LogP contribution in [0.5, 0.6) is 0 Å². The standard InChI is InChI=1S/C20H14N4O3/c21-12-16(20(25)23-17-7-9-19(10-8-17)24(26)27)13-22-18-6-5-14-3-1-2-4-15(14)11-18/h1-11,13,22H,(H,23,25)/b16-13-. The number of benzene rings is 3. The van der Waals surface area contributed by atoms with Crippen molar-refractivity contribution in [1.29, 1.82) is 5.26 Å². The first-order chi connectivity index (χ1) is 13.1. The van der Waals surface area contributed by atoms with Crippen LogP contribution in [0.4, 0.5) is 17.1 Å². The monoisotopic (exact) mass is 358 g/mol. The molecule has 3 aromatic carbocycles. The summed E-state index contributed by atoms with van der Waals surface area (Å²) in [6, 6.07) is 20.7. The number of fused-ring (bicyclic) bond motifs is 1. The number of rotatable bonds is 5. The zero-order valence-corrected chi connectivity index (χ0v) is 14.0. The first-order valence-corrected chi connectivity index (χ1v) is 7.98. The van der Waals surface area contributed by atoms with Gasteiger partial charge in [-0.2, -0.15) is 5.26 Å². The van der Waals surface area contributed by atoms with Crippen LogP contribution in [0.25, 0.3) is 10.8 Å². The van der Waals surface area contributed by atoms with Crippen LogP contribution in [-0.2, 0) is 4.79 Å². The molecule has 0 spiro atoms. The van der Waals surface area contributed by atoms with E-state index in [4.69, 9.17) is 0 Å². The Morgan fingerprint density at radius 3 is 2.33 bits per heavy atom. The maximum absolute atomic E-state index is 12.2. The van der Waals surface area contributed by atoms with E-state index in [1.54, 1.807) is 0 Å². The van der Waals surface area contributed by atoms with Crippen molar-refractivity contribution in [2.75, 3.05) is 10.6 Å². The maximum Gasteiger partial charge on any atom is 0.269 e. The van der Waals surface area contributed by atoms with Crippen molar-refractivity contribution in [3.8, 4) is 6.07 Å². The summed E-state index contributed by atoms with van der Waals surface area (Å²) in [4.78, 5) is 22.3. The second kappa shape index (κ2) is 7.80. The third-order valence-electron chi connectivity index (χ3n) is 3.83. The molecule has 0 atom stereocenters. The van der Waals surface area contributed by atoms with E-state index in [1.165, 1.54) is 30.5 Å². The summed E-state index contributed by atoms with van der Waals surface area (Å²) in [5.74, 6) is -0.611. The van der Waals surface area contributed by atoms with Crippen LogP contribution >= 0.6 is 0 Å². The van der Waals surface area contributed by atoms with E-state index in [0.29, 0.717) is 5.69 Å². The van der Waals surface area contributed by atoms with Gasteiger partial charge in [-0.15, -0.1) is 0 Å². The number of non-ortho nitro benzene ring substituents is 1. The van der Waals surface area contributed by atoms with Crippen LogP contribution in [0.3, 0.4) is 0 Å². The fraction of sp³-hybridized carbons (Fsp3) is 0. The summed E-state index contributed by atoms with van der Waals surface area (Å²) in [6.45, 7) is 0. The van der Waals surface area contributed by atoms with Gasteiger partial charge in [-0.3, -0.25) is 14.9 Å². The highest BCUT2D eigenvalue weighted by Crippen LogP contribution is 2.19. The van der Waals surface area contributed by atoms with Gasteiger partial charge in [0.15, 0.2) is 0 Å². The minimum atomic E-state index is -0.611. The van der Waals surface area contributed by atoms with E-state index in [-0.39, 0.29) is 11.3 Å². The lowest BCUT2D eigenvalue weighted by atomic mass is 10.1. The van der Waals surface area contributed by atoms with E-state index in [9.17, 15) is 20.2 Å². The number of amides is 1. The van der Waals surface area contributed by atoms with Crippen molar-refractivity contribution in [1.82, 2.24) is 0 Å². The first kappa shape index (κ1) is 17.6. The predicted octanol–water partition coefficient (Wildman–Crippen LogP) is 4.21. The molecule has 7 nitrogen and oxygen atoms in total. The Kier molecular flexibility index (Phi) is 5.10. The Bertz CT molecular complexity index is 1080. The fourth-order valence-corrected chi connectivity index (χ4v) is 2.45. The minimum absolute atomic E-state index is 0.0815. The lowest BCUT2D eigenvalue weighted by molar-refractivity contribution is -0.384. The number of anilines is 2. The number of carbonyl (C=O) groups is 1. The van der Waals surface area contributed by atoms with Crippen molar-refractivity contribution in [2.24, 2.45) is 0 Å². The number of nitrogens with one attached hydrogen (secondary N) is 2. The lowest BCUT2D eigenvalue weighted by Crippen LogP contribution is -2.14. The van der Waals surface area contributed by atoms with Crippen molar-refractivity contribution in [3.05, 3.63) is 88.6 Å². The summed E-state index contributed by atoms with van der Waals surface area (Å²) < 4.78 is 0. The molecule has 1 amide bonds. The van der Waals surface area contributed by atoms with Crippen LogP contribution in [0.15, 0.2) is 78.5 Å². The number of hydrogen-bond donors (Lipinski definition) is 2. The average Bonchev–Trinajstić information content (AvgIpc) is 2.68. The highest BCUT2D eigenvalue weighted by atomic mass is 16.6. The smallest absolute Gasteiger partial charge is 0.269 e. The first-order valence-electron chi connectivity index (χ1n) is 7.98. The van der Waals surface area contributed by atoms with Crippen LogP contribution in [0.1, 0.15) is 0 Å². The Morgan fingerprint density at radius 1 is 1.00 bits per heavy atom. The number of carbonyl (C=O) groups excluding carboxylic acids is 1. The molecule has 132 valence electrons. The molecule has 0 aliphatic rings. The van der Waals surface area contributed by atoms with Gasteiger partial charge in [-0.25, -0.2) is 0 Å². The molecule has 0 aliphatic carbocycles. The summed E-state index contributed by atoms with van der Waals surface area (Å²) >= 11 is 0. The number of nitro benzene ring substituents is 1. The Morgan fingerprint density at radius 2 is 1.67 bits per heavy atom. The largest absolute Gasteiger partial charge is 0.360 e. The van der Waals surface area contributed by atoms with Crippen molar-refractivity contribution >= 4 is 33.7 Å². The van der Waals surface area contributed by atoms with E-state index in [2.05, 4.69) is 10.6 Å². The third-order valence-corrected chi connectivity index (χ3v) is 3.83. The number of nitrogens with zero attached hydrogens (tertiary/aromatic N) is 2. The quantitative estimate of drug-likeness (QED) is 0.307. The molecule has 0 aromatic heterocycles. The Balaban J connectivity index is 1.71. The van der Waals surface area contributed by atoms with Crippen molar-refractivity contribution in [2.45, 2.75) is 0 Å². The SMILES string of the molecule is N#C/C(=C/Nc1ccc2ccccc2c1)C(=O)Nc1ccc([N+](=O)[O-])cc1. The van der Waals surface area contributed by atoms with Crippen LogP contribution < -0.4 is 10.6 Å². The molecule has 0 fully saturated rings. The molecule has 0 radical (unpaired) electrons. The van der Waals surface area contributed by atoms with E-state index < -0.39 is 10.8 Å². The molecule has 3 aromatic rings. The second-order valence-corrected chi connectivity index (χ2v) is 5.63. The molecule has 7 heteroatoms. The van der Waals surface area contributed by atoms with Gasteiger partial charge >= 0.3 is 0 Å². The van der Waals surface area contributed by atoms with E-state index >= 15 is 0 Å². The number of nitro groups is 1. The maximum atomic E-state index is 12.2. The van der Waals surface area contributed by atoms with E-state index in [1.807, 2.05) is 48.5 Å². The van der Waals surface area contributed by atoms with Crippen molar-refractivity contribution < 1.29 is 9.72 Å². The third kappa shape index (κ3) is 4.27. The summed E-state index contributed by atoms with van der Waals surface area (Å²) in [6.07, 6.45) is 1.32. The zero-order valence-electron chi connectivity index (χ0n) is 14.0. The molecule has 0 saturated heterocycles. The normalized spacial score (nSPS) is 10.9. The van der Waals surface area contributed by atoms with Gasteiger partial charge in [0.25, 0.3) is 11.6 Å². The molecule has 0 heterocycles. The summed E-state index contributed by atoms with van der Waals surface area (Å²) in [5.41, 5.74) is 0.894. The molecular formula is C20H14N4O3.